The Labute approximate surface area is 302 Å². The quantitative estimate of drug-likeness (QED) is 0.0496. The van der Waals surface area contributed by atoms with E-state index in [0.29, 0.717) is 0 Å². The molecule has 0 atom stereocenters. The van der Waals surface area contributed by atoms with Gasteiger partial charge in [-0.15, -0.1) is 0 Å². The van der Waals surface area contributed by atoms with E-state index in [1.54, 1.807) is 0 Å². The zero-order valence-electron chi connectivity index (χ0n) is 32.1. The van der Waals surface area contributed by atoms with E-state index in [9.17, 15) is 0 Å². The Morgan fingerprint density at radius 1 is 0.347 bits per heavy atom. The molecule has 9 heteroatoms. The highest BCUT2D eigenvalue weighted by atomic mass is 28.4. The molecule has 0 aliphatic heterocycles. The smallest absolute Gasteiger partial charge is 0.218 e. The highest BCUT2D eigenvalue weighted by Gasteiger charge is 2.24. The van der Waals surface area contributed by atoms with Crippen LogP contribution in [-0.4, -0.2) is 107 Å². The molecule has 0 N–H and O–H groups in total. The summed E-state index contributed by atoms with van der Waals surface area (Å²) in [5.41, 5.74) is 0. The van der Waals surface area contributed by atoms with Crippen LogP contribution in [-0.2, 0) is 37.6 Å². The van der Waals surface area contributed by atoms with Crippen LogP contribution in [0.4, 0.5) is 0 Å². The molecule has 0 heterocycles. The van der Waals surface area contributed by atoms with Crippen LogP contribution in [0.3, 0.4) is 0 Å². The molecule has 0 unspecified atom stereocenters. The molecular formula is C40H76O8Si. The number of rotatable bonds is 40. The third-order valence-electron chi connectivity index (χ3n) is 8.22. The van der Waals surface area contributed by atoms with Gasteiger partial charge in [0.1, 0.15) is 0 Å². The summed E-state index contributed by atoms with van der Waals surface area (Å²) in [6.45, 7) is 19.2. The van der Waals surface area contributed by atoms with Crippen molar-refractivity contribution >= 4 is 13.5 Å². The summed E-state index contributed by atoms with van der Waals surface area (Å²) in [7, 11) is -1.78. The second-order valence-electron chi connectivity index (χ2n) is 13.3. The Bertz CT molecular complexity index is 770. The van der Waals surface area contributed by atoms with Crippen LogP contribution < -0.4 is 5.19 Å². The predicted octanol–water partition coefficient (Wildman–Crippen LogP) is 8.49. The first kappa shape index (κ1) is 46.1. The molecule has 1 aromatic carbocycles. The minimum atomic E-state index is -1.78. The summed E-state index contributed by atoms with van der Waals surface area (Å²) in [5, 5.41) is 1.35. The van der Waals surface area contributed by atoms with Gasteiger partial charge in [-0.25, -0.2) is 0 Å². The van der Waals surface area contributed by atoms with E-state index in [2.05, 4.69) is 50.3 Å². The number of unbranched alkanes of at least 4 members (excludes halogenated alkanes) is 8. The minimum absolute atomic E-state index is 0.815. The van der Waals surface area contributed by atoms with Gasteiger partial charge in [0, 0.05) is 99.1 Å². The fourth-order valence-corrected chi connectivity index (χ4v) is 6.78. The standard InChI is InChI=1S/C40H76O8Si/c1-4-5-25-41-26-9-10-27-42-28-11-12-29-43-30-13-14-31-44-32-15-16-33-45-34-17-18-35-46-36-19-20-37-47-38-21-22-39-48-49(2,3)40-23-7-6-8-24-40/h6-8,23-24H,4-5,9-22,25-39H2,1-3H3. The summed E-state index contributed by atoms with van der Waals surface area (Å²) >= 11 is 0. The number of hydrogen-bond donors (Lipinski definition) is 0. The molecule has 0 aliphatic carbocycles. The maximum atomic E-state index is 6.24. The van der Waals surface area contributed by atoms with Crippen molar-refractivity contribution in [2.45, 2.75) is 123 Å². The lowest BCUT2D eigenvalue weighted by Gasteiger charge is -2.23. The van der Waals surface area contributed by atoms with Crippen LogP contribution in [0.25, 0.3) is 0 Å². The Morgan fingerprint density at radius 3 is 0.857 bits per heavy atom. The SMILES string of the molecule is CCCCOCCCCOCCCCOCCCCOCCCCOCCCCOCCCCOCCCCO[Si](C)(C)c1ccccc1. The van der Waals surface area contributed by atoms with E-state index >= 15 is 0 Å². The van der Waals surface area contributed by atoms with Crippen molar-refractivity contribution in [3.8, 4) is 0 Å². The number of hydrogen-bond acceptors (Lipinski definition) is 8. The van der Waals surface area contributed by atoms with Crippen molar-refractivity contribution < 1.29 is 37.6 Å². The summed E-state index contributed by atoms with van der Waals surface area (Å²) < 4.78 is 46.3. The lowest BCUT2D eigenvalue weighted by atomic mass is 10.3. The molecule has 0 saturated carbocycles. The van der Waals surface area contributed by atoms with Crippen LogP contribution in [0.15, 0.2) is 30.3 Å². The van der Waals surface area contributed by atoms with Gasteiger partial charge in [-0.2, -0.15) is 0 Å². The molecule has 8 nitrogen and oxygen atoms in total. The molecule has 1 aromatic rings. The topological polar surface area (TPSA) is 73.8 Å². The maximum absolute atomic E-state index is 6.24. The monoisotopic (exact) mass is 713 g/mol. The highest BCUT2D eigenvalue weighted by molar-refractivity contribution is 6.84. The van der Waals surface area contributed by atoms with Crippen molar-refractivity contribution in [2.75, 3.05) is 99.1 Å². The Morgan fingerprint density at radius 2 is 0.592 bits per heavy atom. The van der Waals surface area contributed by atoms with Gasteiger partial charge in [-0.1, -0.05) is 43.7 Å². The van der Waals surface area contributed by atoms with Crippen LogP contribution in [0.2, 0.25) is 13.1 Å². The third kappa shape index (κ3) is 32.7. The van der Waals surface area contributed by atoms with E-state index in [1.807, 2.05) is 0 Å². The van der Waals surface area contributed by atoms with Crippen LogP contribution in [0.5, 0.6) is 0 Å². The van der Waals surface area contributed by atoms with Crippen LogP contribution >= 0.6 is 0 Å². The van der Waals surface area contributed by atoms with E-state index in [-0.39, 0.29) is 0 Å². The molecule has 0 aromatic heterocycles. The van der Waals surface area contributed by atoms with E-state index in [0.717, 1.165) is 195 Å². The normalized spacial score (nSPS) is 11.9. The zero-order valence-corrected chi connectivity index (χ0v) is 33.1. The Kier molecular flexibility index (Phi) is 34.7. The molecule has 0 aliphatic rings. The van der Waals surface area contributed by atoms with Gasteiger partial charge in [-0.05, 0) is 115 Å². The molecule has 288 valence electrons. The third-order valence-corrected chi connectivity index (χ3v) is 10.9. The Hall–Kier alpha value is -0.883. The molecule has 1 rings (SSSR count). The highest BCUT2D eigenvalue weighted by Crippen LogP contribution is 2.07. The average Bonchev–Trinajstić information content (AvgIpc) is 3.11. The second kappa shape index (κ2) is 36.9. The predicted molar refractivity (Wildman–Crippen MR) is 205 cm³/mol. The van der Waals surface area contributed by atoms with E-state index < -0.39 is 8.32 Å². The van der Waals surface area contributed by atoms with Gasteiger partial charge in [0.2, 0.25) is 8.32 Å². The van der Waals surface area contributed by atoms with Crippen molar-refractivity contribution in [2.24, 2.45) is 0 Å². The van der Waals surface area contributed by atoms with Gasteiger partial charge in [0.05, 0.1) is 0 Å². The van der Waals surface area contributed by atoms with E-state index in [4.69, 9.17) is 37.6 Å². The Balaban J connectivity index is 1.64. The molecule has 0 bridgehead atoms. The first-order valence-corrected chi connectivity index (χ1v) is 22.8. The molecule has 49 heavy (non-hydrogen) atoms. The summed E-state index contributed by atoms with van der Waals surface area (Å²) in [6.07, 6.45) is 17.2. The minimum Gasteiger partial charge on any atom is -0.413 e. The number of ether oxygens (including phenoxy) is 7. The lowest BCUT2D eigenvalue weighted by molar-refractivity contribution is 0.0786. The maximum Gasteiger partial charge on any atom is 0.218 e. The first-order valence-electron chi connectivity index (χ1n) is 19.9. The molecule has 0 radical (unpaired) electrons. The number of benzene rings is 1. The van der Waals surface area contributed by atoms with Crippen molar-refractivity contribution in [3.63, 3.8) is 0 Å². The van der Waals surface area contributed by atoms with Gasteiger partial charge in [0.25, 0.3) is 0 Å². The van der Waals surface area contributed by atoms with Crippen molar-refractivity contribution in [1.29, 1.82) is 0 Å². The van der Waals surface area contributed by atoms with Gasteiger partial charge in [0.15, 0.2) is 0 Å². The molecule has 0 amide bonds. The zero-order chi connectivity index (χ0) is 35.2. The molecule has 0 saturated heterocycles. The average molecular weight is 713 g/mol. The largest absolute Gasteiger partial charge is 0.413 e. The van der Waals surface area contributed by atoms with Gasteiger partial charge < -0.3 is 37.6 Å². The summed E-state index contributed by atoms with van der Waals surface area (Å²) in [5.74, 6) is 0. The van der Waals surface area contributed by atoms with Gasteiger partial charge in [-0.3, -0.25) is 0 Å². The van der Waals surface area contributed by atoms with Crippen LogP contribution in [0.1, 0.15) is 110 Å². The second-order valence-corrected chi connectivity index (χ2v) is 17.2. The summed E-state index contributed by atoms with van der Waals surface area (Å²) in [6, 6.07) is 10.6. The molecular weight excluding hydrogens is 637 g/mol. The fraction of sp³-hybridized carbons (Fsp3) is 0.850. The molecule has 0 fully saturated rings. The lowest BCUT2D eigenvalue weighted by Crippen LogP contribution is -2.44. The van der Waals surface area contributed by atoms with Gasteiger partial charge >= 0.3 is 0 Å². The van der Waals surface area contributed by atoms with Crippen molar-refractivity contribution in [1.82, 2.24) is 0 Å². The summed E-state index contributed by atoms with van der Waals surface area (Å²) in [4.78, 5) is 0. The van der Waals surface area contributed by atoms with Crippen LogP contribution in [0, 0.1) is 0 Å². The fourth-order valence-electron chi connectivity index (χ4n) is 4.97. The van der Waals surface area contributed by atoms with E-state index in [1.165, 1.54) is 11.6 Å². The molecule has 0 spiro atoms. The first-order chi connectivity index (χ1) is 24.2. The van der Waals surface area contributed by atoms with Crippen molar-refractivity contribution in [3.05, 3.63) is 30.3 Å².